The first-order valence-corrected chi connectivity index (χ1v) is 7.24. The van der Waals surface area contributed by atoms with Crippen LogP contribution in [0.15, 0.2) is 41.5 Å². The number of anilines is 1. The summed E-state index contributed by atoms with van der Waals surface area (Å²) < 4.78 is 0. The molecule has 19 heavy (non-hydrogen) atoms. The van der Waals surface area contributed by atoms with Crippen LogP contribution in [0.5, 0.6) is 0 Å². The molecule has 1 atom stereocenters. The molecule has 1 unspecified atom stereocenters. The molecule has 0 saturated heterocycles. The molecule has 0 aromatic heterocycles. The Kier molecular flexibility index (Phi) is 2.77. The molecule has 0 N–H and O–H groups in total. The molecule has 2 aliphatic heterocycles. The molecule has 2 aliphatic rings. The monoisotopic (exact) mass is 254 g/mol. The Hall–Kier alpha value is -1.57. The van der Waals surface area contributed by atoms with Crippen LogP contribution in [-0.2, 0) is 5.41 Å². The Balaban J connectivity index is 2.27. The van der Waals surface area contributed by atoms with Gasteiger partial charge in [0.25, 0.3) is 0 Å². The van der Waals surface area contributed by atoms with Crippen LogP contribution in [0.4, 0.5) is 5.69 Å². The molecule has 1 aromatic carbocycles. The lowest BCUT2D eigenvalue weighted by atomic mass is 9.63. The molecule has 2 heteroatoms. The SMILES string of the molecule is CCC1(CC)c2ccccc2N(C)C12C=NC=CC2. The molecule has 0 radical (unpaired) electrons. The summed E-state index contributed by atoms with van der Waals surface area (Å²) in [7, 11) is 2.22. The Morgan fingerprint density at radius 2 is 1.95 bits per heavy atom. The minimum Gasteiger partial charge on any atom is -0.362 e. The summed E-state index contributed by atoms with van der Waals surface area (Å²) in [5.74, 6) is 0. The van der Waals surface area contributed by atoms with Crippen molar-refractivity contribution in [2.45, 2.75) is 44.1 Å². The van der Waals surface area contributed by atoms with E-state index in [4.69, 9.17) is 0 Å². The molecule has 1 spiro atoms. The van der Waals surface area contributed by atoms with E-state index in [-0.39, 0.29) is 11.0 Å². The van der Waals surface area contributed by atoms with E-state index in [9.17, 15) is 0 Å². The average Bonchev–Trinajstić information content (AvgIpc) is 2.68. The summed E-state index contributed by atoms with van der Waals surface area (Å²) in [4.78, 5) is 6.94. The summed E-state index contributed by atoms with van der Waals surface area (Å²) in [6.45, 7) is 4.63. The van der Waals surface area contributed by atoms with E-state index in [1.54, 1.807) is 0 Å². The van der Waals surface area contributed by atoms with Gasteiger partial charge < -0.3 is 4.90 Å². The minimum absolute atomic E-state index is 0.00887. The van der Waals surface area contributed by atoms with Gasteiger partial charge >= 0.3 is 0 Å². The van der Waals surface area contributed by atoms with Crippen LogP contribution in [0.2, 0.25) is 0 Å². The highest BCUT2D eigenvalue weighted by Crippen LogP contribution is 2.56. The fourth-order valence-corrected chi connectivity index (χ4v) is 4.24. The van der Waals surface area contributed by atoms with Crippen LogP contribution in [0.1, 0.15) is 38.7 Å². The van der Waals surface area contributed by atoms with Crippen molar-refractivity contribution >= 4 is 11.9 Å². The Bertz CT molecular complexity index is 540. The number of benzene rings is 1. The van der Waals surface area contributed by atoms with Gasteiger partial charge in [0.15, 0.2) is 0 Å². The fourth-order valence-electron chi connectivity index (χ4n) is 4.24. The molecule has 2 nitrogen and oxygen atoms in total. The topological polar surface area (TPSA) is 15.6 Å². The van der Waals surface area contributed by atoms with Gasteiger partial charge in [0, 0.05) is 30.6 Å². The van der Waals surface area contributed by atoms with Crippen LogP contribution >= 0.6 is 0 Å². The van der Waals surface area contributed by atoms with E-state index in [0.717, 1.165) is 19.3 Å². The number of aliphatic imine (C=N–C) groups is 1. The molecule has 0 bridgehead atoms. The molecule has 0 amide bonds. The van der Waals surface area contributed by atoms with Crippen LogP contribution in [-0.4, -0.2) is 18.8 Å². The number of nitrogens with zero attached hydrogens (tertiary/aromatic N) is 2. The molecule has 0 saturated carbocycles. The van der Waals surface area contributed by atoms with Gasteiger partial charge in [-0.15, -0.1) is 0 Å². The average molecular weight is 254 g/mol. The highest BCUT2D eigenvalue weighted by molar-refractivity contribution is 5.87. The molecular weight excluding hydrogens is 232 g/mol. The van der Waals surface area contributed by atoms with Crippen molar-refractivity contribution in [2.75, 3.05) is 11.9 Å². The smallest absolute Gasteiger partial charge is 0.0883 e. The summed E-state index contributed by atoms with van der Waals surface area (Å²) in [6, 6.07) is 8.86. The molecule has 3 rings (SSSR count). The highest BCUT2D eigenvalue weighted by Gasteiger charge is 2.57. The fraction of sp³-hybridized carbons (Fsp3) is 0.471. The number of rotatable bonds is 2. The zero-order chi connectivity index (χ0) is 13.5. The van der Waals surface area contributed by atoms with Crippen molar-refractivity contribution < 1.29 is 0 Å². The van der Waals surface area contributed by atoms with Gasteiger partial charge in [-0.25, -0.2) is 0 Å². The van der Waals surface area contributed by atoms with Crippen molar-refractivity contribution in [3.63, 3.8) is 0 Å². The zero-order valence-electron chi connectivity index (χ0n) is 12.1. The van der Waals surface area contributed by atoms with Crippen LogP contribution in [0, 0.1) is 0 Å². The normalized spacial score (nSPS) is 27.0. The third kappa shape index (κ3) is 1.35. The van der Waals surface area contributed by atoms with Gasteiger partial charge in [0.05, 0.1) is 5.54 Å². The van der Waals surface area contributed by atoms with Gasteiger partial charge in [-0.3, -0.25) is 4.99 Å². The van der Waals surface area contributed by atoms with Crippen LogP contribution < -0.4 is 4.90 Å². The first-order valence-electron chi connectivity index (χ1n) is 7.24. The quantitative estimate of drug-likeness (QED) is 0.781. The molecule has 100 valence electrons. The number of hydrogen-bond acceptors (Lipinski definition) is 2. The maximum Gasteiger partial charge on any atom is 0.0883 e. The van der Waals surface area contributed by atoms with Crippen LogP contribution in [0.25, 0.3) is 0 Å². The summed E-state index contributed by atoms with van der Waals surface area (Å²) >= 11 is 0. The lowest BCUT2D eigenvalue weighted by Gasteiger charge is -2.47. The maximum absolute atomic E-state index is 4.49. The number of hydrogen-bond donors (Lipinski definition) is 0. The Morgan fingerprint density at radius 3 is 2.58 bits per heavy atom. The van der Waals surface area contributed by atoms with Gasteiger partial charge in [0.1, 0.15) is 0 Å². The maximum atomic E-state index is 4.49. The predicted molar refractivity (Wildman–Crippen MR) is 82.1 cm³/mol. The number of para-hydroxylation sites is 1. The number of fused-ring (bicyclic) bond motifs is 1. The summed E-state index contributed by atoms with van der Waals surface area (Å²) in [5.41, 5.74) is 3.04. The third-order valence-electron chi connectivity index (χ3n) is 5.32. The van der Waals surface area contributed by atoms with E-state index in [1.165, 1.54) is 11.3 Å². The molecule has 0 fully saturated rings. The minimum atomic E-state index is 0.00887. The summed E-state index contributed by atoms with van der Waals surface area (Å²) in [6.07, 6.45) is 9.65. The Labute approximate surface area is 115 Å². The Morgan fingerprint density at radius 1 is 1.21 bits per heavy atom. The van der Waals surface area contributed by atoms with E-state index >= 15 is 0 Å². The first-order chi connectivity index (χ1) is 9.22. The third-order valence-corrected chi connectivity index (χ3v) is 5.32. The van der Waals surface area contributed by atoms with Gasteiger partial charge in [0.2, 0.25) is 0 Å². The highest BCUT2D eigenvalue weighted by atomic mass is 15.2. The van der Waals surface area contributed by atoms with Crippen molar-refractivity contribution in [3.05, 3.63) is 42.1 Å². The lowest BCUT2D eigenvalue weighted by molar-refractivity contribution is 0.286. The largest absolute Gasteiger partial charge is 0.362 e. The first kappa shape index (κ1) is 12.5. The van der Waals surface area contributed by atoms with E-state index in [1.807, 2.05) is 6.20 Å². The van der Waals surface area contributed by atoms with E-state index in [2.05, 4.69) is 67.3 Å². The second-order valence-corrected chi connectivity index (χ2v) is 5.66. The van der Waals surface area contributed by atoms with Gasteiger partial charge in [-0.05, 0) is 30.9 Å². The number of likely N-dealkylation sites (N-methyl/N-ethyl adjacent to an activating group) is 1. The van der Waals surface area contributed by atoms with Crippen molar-refractivity contribution in [1.29, 1.82) is 0 Å². The van der Waals surface area contributed by atoms with Crippen LogP contribution in [0.3, 0.4) is 0 Å². The summed E-state index contributed by atoms with van der Waals surface area (Å²) in [5, 5.41) is 0. The van der Waals surface area contributed by atoms with Gasteiger partial charge in [-0.1, -0.05) is 38.1 Å². The molecule has 1 aromatic rings. The second kappa shape index (κ2) is 4.22. The molecular formula is C17H22N2. The second-order valence-electron chi connectivity index (χ2n) is 5.66. The molecule has 0 aliphatic carbocycles. The lowest BCUT2D eigenvalue weighted by Crippen LogP contribution is -2.58. The van der Waals surface area contributed by atoms with Crippen molar-refractivity contribution in [1.82, 2.24) is 0 Å². The predicted octanol–water partition coefficient (Wildman–Crippen LogP) is 3.92. The van der Waals surface area contributed by atoms with Crippen molar-refractivity contribution in [2.24, 2.45) is 4.99 Å². The zero-order valence-corrected chi connectivity index (χ0v) is 12.1. The van der Waals surface area contributed by atoms with E-state index < -0.39 is 0 Å². The van der Waals surface area contributed by atoms with Gasteiger partial charge in [-0.2, -0.15) is 0 Å². The standard InChI is InChI=1S/C17H22N2/c1-4-16(5-2)14-9-6-7-10-15(14)19(3)17(16)11-8-12-18-13-17/h6-10,12-13H,4-5,11H2,1-3H3. The van der Waals surface area contributed by atoms with Crippen molar-refractivity contribution in [3.8, 4) is 0 Å². The molecule has 2 heterocycles. The van der Waals surface area contributed by atoms with E-state index in [0.29, 0.717) is 0 Å².